The first-order chi connectivity index (χ1) is 12.1. The van der Waals surface area contributed by atoms with Crippen LogP contribution in [0.25, 0.3) is 10.9 Å². The van der Waals surface area contributed by atoms with Crippen LogP contribution in [0.15, 0.2) is 65.7 Å². The van der Waals surface area contributed by atoms with Gasteiger partial charge in [-0.25, -0.2) is 8.42 Å². The molecular weight excluding hydrogens is 336 g/mol. The Labute approximate surface area is 147 Å². The van der Waals surface area contributed by atoms with Gasteiger partial charge in [-0.1, -0.05) is 36.4 Å². The summed E-state index contributed by atoms with van der Waals surface area (Å²) < 4.78 is 24.4. The number of phenolic OH excluding ortho intramolecular Hbond substituents is 1. The molecule has 0 amide bonds. The van der Waals surface area contributed by atoms with E-state index in [1.54, 1.807) is 36.5 Å². The number of benzene rings is 2. The minimum atomic E-state index is -3.24. The van der Waals surface area contributed by atoms with E-state index in [0.29, 0.717) is 29.9 Å². The molecule has 0 spiro atoms. The molecule has 3 aromatic rings. The number of hydrogen-bond donors (Lipinski definition) is 2. The highest BCUT2D eigenvalue weighted by Crippen LogP contribution is 2.26. The summed E-state index contributed by atoms with van der Waals surface area (Å²) in [6.45, 7) is 1.01. The molecule has 0 unspecified atom stereocenters. The summed E-state index contributed by atoms with van der Waals surface area (Å²) in [5.74, 6) is 0.262. The highest BCUT2D eigenvalue weighted by Gasteiger charge is 2.13. The smallest absolute Gasteiger partial charge is 0.178 e. The number of sulfone groups is 1. The monoisotopic (exact) mass is 356 g/mol. The maximum absolute atomic E-state index is 12.2. The second-order valence-corrected chi connectivity index (χ2v) is 7.92. The first kappa shape index (κ1) is 17.4. The summed E-state index contributed by atoms with van der Waals surface area (Å²) >= 11 is 0. The number of nitrogens with one attached hydrogen (secondary N) is 1. The van der Waals surface area contributed by atoms with Crippen molar-refractivity contribution in [3.8, 4) is 5.75 Å². The second kappa shape index (κ2) is 7.63. The van der Waals surface area contributed by atoms with Gasteiger partial charge in [0, 0.05) is 23.7 Å². The Morgan fingerprint density at radius 3 is 2.60 bits per heavy atom. The molecule has 0 saturated heterocycles. The average molecular weight is 356 g/mol. The molecule has 0 aliphatic carbocycles. The van der Waals surface area contributed by atoms with E-state index in [9.17, 15) is 13.5 Å². The topological polar surface area (TPSA) is 79.3 Å². The summed E-state index contributed by atoms with van der Waals surface area (Å²) in [6, 6.07) is 16.0. The van der Waals surface area contributed by atoms with Crippen LogP contribution in [0.3, 0.4) is 0 Å². The highest BCUT2D eigenvalue weighted by molar-refractivity contribution is 7.91. The fourth-order valence-electron chi connectivity index (χ4n) is 2.67. The Morgan fingerprint density at radius 1 is 1.00 bits per heavy atom. The molecule has 25 heavy (non-hydrogen) atoms. The SMILES string of the molecule is O=S(=O)(CCCNCc1ccc2cccnc2c1O)c1ccccc1. The minimum absolute atomic E-state index is 0.0925. The Morgan fingerprint density at radius 2 is 1.80 bits per heavy atom. The van der Waals surface area contributed by atoms with Gasteiger partial charge in [0.2, 0.25) is 0 Å². The molecule has 1 heterocycles. The maximum Gasteiger partial charge on any atom is 0.178 e. The van der Waals surface area contributed by atoms with Crippen molar-refractivity contribution in [3.05, 3.63) is 66.4 Å². The zero-order chi connectivity index (χ0) is 17.7. The molecule has 0 radical (unpaired) electrons. The normalized spacial score (nSPS) is 11.7. The molecule has 5 nitrogen and oxygen atoms in total. The number of phenols is 1. The molecule has 0 saturated carbocycles. The van der Waals surface area contributed by atoms with Gasteiger partial charge in [0.1, 0.15) is 11.3 Å². The second-order valence-electron chi connectivity index (χ2n) is 5.81. The Hall–Kier alpha value is -2.44. The van der Waals surface area contributed by atoms with E-state index >= 15 is 0 Å². The van der Waals surface area contributed by atoms with E-state index in [2.05, 4.69) is 10.3 Å². The molecule has 0 aliphatic rings. The summed E-state index contributed by atoms with van der Waals surface area (Å²) in [7, 11) is -3.24. The maximum atomic E-state index is 12.2. The van der Waals surface area contributed by atoms with Crippen LogP contribution in [0.4, 0.5) is 0 Å². The van der Waals surface area contributed by atoms with Crippen molar-refractivity contribution in [3.63, 3.8) is 0 Å². The van der Waals surface area contributed by atoms with E-state index in [1.165, 1.54) is 0 Å². The molecule has 0 aliphatic heterocycles. The number of aromatic nitrogens is 1. The first-order valence-electron chi connectivity index (χ1n) is 8.12. The van der Waals surface area contributed by atoms with Crippen molar-refractivity contribution in [1.82, 2.24) is 10.3 Å². The molecule has 1 aromatic heterocycles. The van der Waals surface area contributed by atoms with Gasteiger partial charge in [-0.05, 0) is 31.2 Å². The van der Waals surface area contributed by atoms with Crippen molar-refractivity contribution < 1.29 is 13.5 Å². The molecule has 2 aromatic carbocycles. The van der Waals surface area contributed by atoms with Crippen molar-refractivity contribution >= 4 is 20.7 Å². The van der Waals surface area contributed by atoms with Crippen LogP contribution in [0.2, 0.25) is 0 Å². The minimum Gasteiger partial charge on any atom is -0.505 e. The first-order valence-corrected chi connectivity index (χ1v) is 9.77. The molecule has 130 valence electrons. The Kier molecular flexibility index (Phi) is 5.31. The Balaban J connectivity index is 1.53. The van der Waals surface area contributed by atoms with Crippen molar-refractivity contribution in [2.45, 2.75) is 17.9 Å². The molecule has 0 fully saturated rings. The number of hydrogen-bond acceptors (Lipinski definition) is 5. The lowest BCUT2D eigenvalue weighted by atomic mass is 10.1. The van der Waals surface area contributed by atoms with Gasteiger partial charge in [0.05, 0.1) is 10.6 Å². The van der Waals surface area contributed by atoms with E-state index in [4.69, 9.17) is 0 Å². The zero-order valence-corrected chi connectivity index (χ0v) is 14.5. The predicted octanol–water partition coefficient (Wildman–Crippen LogP) is 2.89. The van der Waals surface area contributed by atoms with Gasteiger partial charge < -0.3 is 10.4 Å². The van der Waals surface area contributed by atoms with Gasteiger partial charge in [0.15, 0.2) is 9.84 Å². The molecule has 0 bridgehead atoms. The number of pyridine rings is 1. The third kappa shape index (κ3) is 4.15. The van der Waals surface area contributed by atoms with Crippen LogP contribution in [0, 0.1) is 0 Å². The summed E-state index contributed by atoms with van der Waals surface area (Å²) in [5, 5.41) is 14.4. The van der Waals surface area contributed by atoms with Crippen LogP contribution in [-0.2, 0) is 16.4 Å². The lowest BCUT2D eigenvalue weighted by molar-refractivity contribution is 0.469. The molecule has 0 atom stereocenters. The quantitative estimate of drug-likeness (QED) is 0.637. The van der Waals surface area contributed by atoms with Gasteiger partial charge >= 0.3 is 0 Å². The van der Waals surface area contributed by atoms with Crippen molar-refractivity contribution in [1.29, 1.82) is 0 Å². The van der Waals surface area contributed by atoms with Gasteiger partial charge in [-0.2, -0.15) is 0 Å². The fourth-order valence-corrected chi connectivity index (χ4v) is 4.00. The van der Waals surface area contributed by atoms with Gasteiger partial charge in [0.25, 0.3) is 0 Å². The lowest BCUT2D eigenvalue weighted by Crippen LogP contribution is -2.18. The van der Waals surface area contributed by atoms with Crippen LogP contribution in [0.5, 0.6) is 5.75 Å². The molecule has 6 heteroatoms. The number of fused-ring (bicyclic) bond motifs is 1. The largest absolute Gasteiger partial charge is 0.505 e. The molecule has 3 rings (SSSR count). The lowest BCUT2D eigenvalue weighted by Gasteiger charge is -2.09. The number of rotatable bonds is 7. The van der Waals surface area contributed by atoms with E-state index in [0.717, 1.165) is 10.9 Å². The number of nitrogens with zero attached hydrogens (tertiary/aromatic N) is 1. The van der Waals surface area contributed by atoms with Crippen LogP contribution >= 0.6 is 0 Å². The van der Waals surface area contributed by atoms with Crippen LogP contribution < -0.4 is 5.32 Å². The van der Waals surface area contributed by atoms with Crippen LogP contribution in [0.1, 0.15) is 12.0 Å². The highest BCUT2D eigenvalue weighted by atomic mass is 32.2. The van der Waals surface area contributed by atoms with Crippen LogP contribution in [-0.4, -0.2) is 30.8 Å². The number of aromatic hydroxyl groups is 1. The molecule has 2 N–H and O–H groups in total. The zero-order valence-electron chi connectivity index (χ0n) is 13.7. The van der Waals surface area contributed by atoms with E-state index in [1.807, 2.05) is 24.3 Å². The van der Waals surface area contributed by atoms with Gasteiger partial charge in [-0.15, -0.1) is 0 Å². The third-order valence-electron chi connectivity index (χ3n) is 4.02. The summed E-state index contributed by atoms with van der Waals surface area (Å²) in [6.07, 6.45) is 2.15. The van der Waals surface area contributed by atoms with Crippen molar-refractivity contribution in [2.24, 2.45) is 0 Å². The standard InChI is InChI=1S/C19H20N2O3S/c22-19-16(10-9-15-6-4-12-21-18(15)19)14-20-11-5-13-25(23,24)17-7-2-1-3-8-17/h1-4,6-10,12,20,22H,5,11,13-14H2. The third-order valence-corrected chi connectivity index (χ3v) is 5.83. The summed E-state index contributed by atoms with van der Waals surface area (Å²) in [4.78, 5) is 4.55. The van der Waals surface area contributed by atoms with Crippen molar-refractivity contribution in [2.75, 3.05) is 12.3 Å². The predicted molar refractivity (Wildman–Crippen MR) is 98.2 cm³/mol. The molecular formula is C19H20N2O3S. The summed E-state index contributed by atoms with van der Waals surface area (Å²) in [5.41, 5.74) is 1.32. The van der Waals surface area contributed by atoms with E-state index < -0.39 is 9.84 Å². The fraction of sp³-hybridized carbons (Fsp3) is 0.211. The average Bonchev–Trinajstić information content (AvgIpc) is 2.64. The van der Waals surface area contributed by atoms with Gasteiger partial charge in [-0.3, -0.25) is 4.98 Å². The Bertz CT molecular complexity index is 957. The van der Waals surface area contributed by atoms with E-state index in [-0.39, 0.29) is 11.5 Å².